The van der Waals surface area contributed by atoms with Gasteiger partial charge in [0.1, 0.15) is 0 Å². The number of hydrogen-bond donors (Lipinski definition) is 2. The van der Waals surface area contributed by atoms with Gasteiger partial charge in [0.05, 0.1) is 6.42 Å². The Morgan fingerprint density at radius 1 is 1.50 bits per heavy atom. The summed E-state index contributed by atoms with van der Waals surface area (Å²) in [4.78, 5) is 14.6. The molecule has 1 atom stereocenters. The van der Waals surface area contributed by atoms with E-state index in [1.807, 2.05) is 12.1 Å². The summed E-state index contributed by atoms with van der Waals surface area (Å²) >= 11 is 0. The number of hydrogen-bond acceptors (Lipinski definition) is 3. The molecule has 2 N–H and O–H groups in total. The second kappa shape index (κ2) is 5.07. The van der Waals surface area contributed by atoms with E-state index in [9.17, 15) is 4.79 Å². The molecule has 0 radical (unpaired) electrons. The highest BCUT2D eigenvalue weighted by Crippen LogP contribution is 2.34. The minimum absolute atomic E-state index is 0.116. The monoisotopic (exact) mass is 220 g/mol. The van der Waals surface area contributed by atoms with Crippen molar-refractivity contribution in [2.24, 2.45) is 5.92 Å². The quantitative estimate of drug-likeness (QED) is 0.761. The van der Waals surface area contributed by atoms with Gasteiger partial charge in [-0.05, 0) is 36.5 Å². The van der Waals surface area contributed by atoms with Gasteiger partial charge in [-0.25, -0.2) is 0 Å². The van der Waals surface area contributed by atoms with Crippen LogP contribution >= 0.6 is 0 Å². The SMILES string of the molecule is O=C(O)CC(NCc1ccncc1)C1CC1. The fourth-order valence-corrected chi connectivity index (χ4v) is 1.84. The molecule has 4 heteroatoms. The Bertz CT molecular complexity index is 349. The molecule has 1 heterocycles. The van der Waals surface area contributed by atoms with Gasteiger partial charge in [0, 0.05) is 25.0 Å². The summed E-state index contributed by atoms with van der Waals surface area (Å²) in [6, 6.07) is 4.00. The number of pyridine rings is 1. The molecule has 2 rings (SSSR count). The highest BCUT2D eigenvalue weighted by molar-refractivity contribution is 5.67. The van der Waals surface area contributed by atoms with Crippen molar-refractivity contribution in [2.75, 3.05) is 0 Å². The van der Waals surface area contributed by atoms with Crippen LogP contribution in [0.3, 0.4) is 0 Å². The fourth-order valence-electron chi connectivity index (χ4n) is 1.84. The number of carboxylic acids is 1. The van der Waals surface area contributed by atoms with Crippen molar-refractivity contribution in [3.63, 3.8) is 0 Å². The second-order valence-corrected chi connectivity index (χ2v) is 4.28. The molecule has 0 amide bonds. The van der Waals surface area contributed by atoms with Crippen LogP contribution in [0.5, 0.6) is 0 Å². The molecule has 1 aromatic rings. The lowest BCUT2D eigenvalue weighted by molar-refractivity contribution is -0.137. The molecule has 1 saturated carbocycles. The van der Waals surface area contributed by atoms with Gasteiger partial charge in [-0.3, -0.25) is 9.78 Å². The maximum absolute atomic E-state index is 10.7. The molecule has 1 fully saturated rings. The van der Waals surface area contributed by atoms with Crippen LogP contribution in [0.25, 0.3) is 0 Å². The lowest BCUT2D eigenvalue weighted by atomic mass is 10.1. The Labute approximate surface area is 94.7 Å². The Morgan fingerprint density at radius 2 is 2.19 bits per heavy atom. The van der Waals surface area contributed by atoms with Crippen molar-refractivity contribution in [3.05, 3.63) is 30.1 Å². The van der Waals surface area contributed by atoms with E-state index < -0.39 is 5.97 Å². The van der Waals surface area contributed by atoms with E-state index in [4.69, 9.17) is 5.11 Å². The number of carbonyl (C=O) groups is 1. The van der Waals surface area contributed by atoms with Gasteiger partial charge >= 0.3 is 5.97 Å². The third-order valence-electron chi connectivity index (χ3n) is 2.90. The molecule has 86 valence electrons. The normalized spacial score (nSPS) is 17.0. The van der Waals surface area contributed by atoms with Crippen molar-refractivity contribution in [2.45, 2.75) is 31.8 Å². The number of aliphatic carboxylic acids is 1. The lowest BCUT2D eigenvalue weighted by Gasteiger charge is -2.15. The summed E-state index contributed by atoms with van der Waals surface area (Å²) in [5.41, 5.74) is 1.14. The summed E-state index contributed by atoms with van der Waals surface area (Å²) < 4.78 is 0. The maximum Gasteiger partial charge on any atom is 0.304 e. The van der Waals surface area contributed by atoms with Crippen molar-refractivity contribution < 1.29 is 9.90 Å². The zero-order valence-electron chi connectivity index (χ0n) is 9.10. The average Bonchev–Trinajstić information content (AvgIpc) is 3.09. The largest absolute Gasteiger partial charge is 0.481 e. The molecular weight excluding hydrogens is 204 g/mol. The lowest BCUT2D eigenvalue weighted by Crippen LogP contribution is -2.32. The molecule has 1 unspecified atom stereocenters. The van der Waals surface area contributed by atoms with E-state index >= 15 is 0 Å². The summed E-state index contributed by atoms with van der Waals surface area (Å²) in [5, 5.41) is 12.1. The first kappa shape index (κ1) is 11.1. The van der Waals surface area contributed by atoms with Crippen molar-refractivity contribution >= 4 is 5.97 Å². The third-order valence-corrected chi connectivity index (χ3v) is 2.90. The zero-order valence-corrected chi connectivity index (χ0v) is 9.10. The molecular formula is C12H16N2O2. The van der Waals surface area contributed by atoms with E-state index in [1.54, 1.807) is 12.4 Å². The summed E-state index contributed by atoms with van der Waals surface area (Å²) in [6.45, 7) is 0.719. The number of aromatic nitrogens is 1. The van der Waals surface area contributed by atoms with Crippen LogP contribution < -0.4 is 5.32 Å². The number of nitrogens with one attached hydrogen (secondary N) is 1. The van der Waals surface area contributed by atoms with Gasteiger partial charge in [0.25, 0.3) is 0 Å². The molecule has 4 nitrogen and oxygen atoms in total. The number of carboxylic acid groups (broad SMARTS) is 1. The molecule has 0 aromatic carbocycles. The van der Waals surface area contributed by atoms with Gasteiger partial charge < -0.3 is 10.4 Å². The first-order chi connectivity index (χ1) is 7.75. The molecule has 0 aliphatic heterocycles. The van der Waals surface area contributed by atoms with Crippen LogP contribution in [0.15, 0.2) is 24.5 Å². The Kier molecular flexibility index (Phi) is 3.51. The highest BCUT2D eigenvalue weighted by Gasteiger charge is 2.32. The standard InChI is InChI=1S/C12H16N2O2/c15-12(16)7-11(10-1-2-10)14-8-9-3-5-13-6-4-9/h3-6,10-11,14H,1-2,7-8H2,(H,15,16). The molecule has 1 aromatic heterocycles. The van der Waals surface area contributed by atoms with Gasteiger partial charge in [0.2, 0.25) is 0 Å². The third kappa shape index (κ3) is 3.31. The van der Waals surface area contributed by atoms with E-state index in [1.165, 1.54) is 0 Å². The molecule has 0 saturated heterocycles. The van der Waals surface area contributed by atoms with E-state index in [0.717, 1.165) is 24.9 Å². The van der Waals surface area contributed by atoms with Crippen LogP contribution in [0.1, 0.15) is 24.8 Å². The van der Waals surface area contributed by atoms with Crippen LogP contribution in [-0.4, -0.2) is 22.1 Å². The van der Waals surface area contributed by atoms with Crippen LogP contribution in [0, 0.1) is 5.92 Å². The average molecular weight is 220 g/mol. The van der Waals surface area contributed by atoms with Crippen molar-refractivity contribution in [3.8, 4) is 0 Å². The van der Waals surface area contributed by atoms with Gasteiger partial charge in [-0.15, -0.1) is 0 Å². The molecule has 0 spiro atoms. The molecule has 1 aliphatic carbocycles. The minimum atomic E-state index is -0.723. The van der Waals surface area contributed by atoms with Crippen molar-refractivity contribution in [1.82, 2.24) is 10.3 Å². The number of rotatable bonds is 6. The summed E-state index contributed by atoms with van der Waals surface area (Å²) in [7, 11) is 0. The van der Waals surface area contributed by atoms with Crippen LogP contribution in [-0.2, 0) is 11.3 Å². The molecule has 16 heavy (non-hydrogen) atoms. The van der Waals surface area contributed by atoms with Gasteiger partial charge in [0.15, 0.2) is 0 Å². The smallest absolute Gasteiger partial charge is 0.304 e. The number of nitrogens with zero attached hydrogens (tertiary/aromatic N) is 1. The second-order valence-electron chi connectivity index (χ2n) is 4.28. The van der Waals surface area contributed by atoms with E-state index in [-0.39, 0.29) is 12.5 Å². The Morgan fingerprint density at radius 3 is 2.75 bits per heavy atom. The first-order valence-corrected chi connectivity index (χ1v) is 5.60. The van der Waals surface area contributed by atoms with Gasteiger partial charge in [-0.1, -0.05) is 0 Å². The molecule has 0 bridgehead atoms. The first-order valence-electron chi connectivity index (χ1n) is 5.60. The van der Waals surface area contributed by atoms with Crippen LogP contribution in [0.2, 0.25) is 0 Å². The van der Waals surface area contributed by atoms with Gasteiger partial charge in [-0.2, -0.15) is 0 Å². The fraction of sp³-hybridized carbons (Fsp3) is 0.500. The summed E-state index contributed by atoms with van der Waals surface area (Å²) in [5.74, 6) is -0.169. The topological polar surface area (TPSA) is 62.2 Å². The van der Waals surface area contributed by atoms with Crippen LogP contribution in [0.4, 0.5) is 0 Å². The minimum Gasteiger partial charge on any atom is -0.481 e. The van der Waals surface area contributed by atoms with E-state index in [2.05, 4.69) is 10.3 Å². The Hall–Kier alpha value is -1.42. The Balaban J connectivity index is 1.84. The zero-order chi connectivity index (χ0) is 11.4. The van der Waals surface area contributed by atoms with Crippen molar-refractivity contribution in [1.29, 1.82) is 0 Å². The highest BCUT2D eigenvalue weighted by atomic mass is 16.4. The maximum atomic E-state index is 10.7. The predicted octanol–water partition coefficient (Wildman–Crippen LogP) is 1.42. The predicted molar refractivity (Wildman–Crippen MR) is 59.8 cm³/mol. The molecule has 1 aliphatic rings. The van der Waals surface area contributed by atoms with E-state index in [0.29, 0.717) is 5.92 Å². The summed E-state index contributed by atoms with van der Waals surface area (Å²) in [6.07, 6.45) is 6.03.